The standard InChI is InChI=1S/C12H17NO4/c1-3-5-17-12(16)8-6-7(4-2)10(14)11(15)9(8)13/h6,14-15H,3-5,13H2,1-2H3. The molecule has 17 heavy (non-hydrogen) atoms. The third-order valence-corrected chi connectivity index (χ3v) is 2.43. The Labute approximate surface area is 99.8 Å². The zero-order valence-electron chi connectivity index (χ0n) is 9.99. The highest BCUT2D eigenvalue weighted by molar-refractivity contribution is 5.97. The highest BCUT2D eigenvalue weighted by atomic mass is 16.5. The molecule has 0 aliphatic carbocycles. The van der Waals surface area contributed by atoms with Gasteiger partial charge in [0.05, 0.1) is 17.9 Å². The Morgan fingerprint density at radius 3 is 2.53 bits per heavy atom. The monoisotopic (exact) mass is 239 g/mol. The number of carbonyl (C=O) groups is 1. The fraction of sp³-hybridized carbons (Fsp3) is 0.417. The van der Waals surface area contributed by atoms with E-state index >= 15 is 0 Å². The van der Waals surface area contributed by atoms with Crippen LogP contribution in [-0.2, 0) is 11.2 Å². The van der Waals surface area contributed by atoms with Gasteiger partial charge in [0, 0.05) is 0 Å². The molecule has 0 heterocycles. The van der Waals surface area contributed by atoms with Gasteiger partial charge < -0.3 is 20.7 Å². The predicted octanol–water partition coefficient (Wildman–Crippen LogP) is 1.81. The van der Waals surface area contributed by atoms with E-state index in [0.717, 1.165) is 0 Å². The topological polar surface area (TPSA) is 92.8 Å². The lowest BCUT2D eigenvalue weighted by Crippen LogP contribution is -2.10. The number of aromatic hydroxyl groups is 2. The van der Waals surface area contributed by atoms with Crippen molar-refractivity contribution in [1.82, 2.24) is 0 Å². The summed E-state index contributed by atoms with van der Waals surface area (Å²) in [5, 5.41) is 19.2. The van der Waals surface area contributed by atoms with E-state index < -0.39 is 11.7 Å². The van der Waals surface area contributed by atoms with E-state index in [1.165, 1.54) is 6.07 Å². The van der Waals surface area contributed by atoms with Crippen molar-refractivity contribution in [2.24, 2.45) is 0 Å². The lowest BCUT2D eigenvalue weighted by molar-refractivity contribution is 0.0506. The van der Waals surface area contributed by atoms with Gasteiger partial charge in [-0.25, -0.2) is 4.79 Å². The number of benzene rings is 1. The van der Waals surface area contributed by atoms with Gasteiger partial charge >= 0.3 is 5.97 Å². The maximum Gasteiger partial charge on any atom is 0.340 e. The van der Waals surface area contributed by atoms with Gasteiger partial charge in [-0.05, 0) is 24.5 Å². The number of phenolic OH excluding ortho intramolecular Hbond substituents is 2. The smallest absolute Gasteiger partial charge is 0.340 e. The number of anilines is 1. The highest BCUT2D eigenvalue weighted by Crippen LogP contribution is 2.37. The van der Waals surface area contributed by atoms with Crippen LogP contribution in [0, 0.1) is 0 Å². The van der Waals surface area contributed by atoms with Crippen molar-refractivity contribution >= 4 is 11.7 Å². The van der Waals surface area contributed by atoms with Gasteiger partial charge in [-0.1, -0.05) is 13.8 Å². The molecule has 5 heteroatoms. The summed E-state index contributed by atoms with van der Waals surface area (Å²) in [5.41, 5.74) is 5.96. The number of hydrogen-bond acceptors (Lipinski definition) is 5. The molecule has 0 amide bonds. The van der Waals surface area contributed by atoms with Crippen LogP contribution in [0.25, 0.3) is 0 Å². The third-order valence-electron chi connectivity index (χ3n) is 2.43. The summed E-state index contributed by atoms with van der Waals surface area (Å²) < 4.78 is 4.94. The number of nitrogen functional groups attached to an aromatic ring is 1. The zero-order valence-corrected chi connectivity index (χ0v) is 9.99. The largest absolute Gasteiger partial charge is 0.504 e. The Morgan fingerprint density at radius 2 is 2.00 bits per heavy atom. The van der Waals surface area contributed by atoms with Crippen molar-refractivity contribution in [3.63, 3.8) is 0 Å². The summed E-state index contributed by atoms with van der Waals surface area (Å²) in [6.45, 7) is 3.97. The number of carbonyl (C=O) groups excluding carboxylic acids is 1. The highest BCUT2D eigenvalue weighted by Gasteiger charge is 2.19. The van der Waals surface area contributed by atoms with E-state index in [1.807, 2.05) is 6.92 Å². The zero-order chi connectivity index (χ0) is 13.0. The average molecular weight is 239 g/mol. The van der Waals surface area contributed by atoms with Gasteiger partial charge in [0.1, 0.15) is 0 Å². The number of rotatable bonds is 4. The molecule has 0 spiro atoms. The number of hydrogen-bond donors (Lipinski definition) is 3. The van der Waals surface area contributed by atoms with Crippen molar-refractivity contribution < 1.29 is 19.7 Å². The second kappa shape index (κ2) is 5.43. The van der Waals surface area contributed by atoms with Crippen LogP contribution in [0.1, 0.15) is 36.2 Å². The van der Waals surface area contributed by atoms with Crippen LogP contribution in [0.5, 0.6) is 11.5 Å². The molecule has 0 saturated carbocycles. The second-order valence-corrected chi connectivity index (χ2v) is 3.68. The van der Waals surface area contributed by atoms with E-state index in [9.17, 15) is 15.0 Å². The Morgan fingerprint density at radius 1 is 1.35 bits per heavy atom. The number of esters is 1. The van der Waals surface area contributed by atoms with Crippen LogP contribution in [0.15, 0.2) is 6.07 Å². The van der Waals surface area contributed by atoms with Gasteiger partial charge in [-0.2, -0.15) is 0 Å². The second-order valence-electron chi connectivity index (χ2n) is 3.68. The van der Waals surface area contributed by atoms with Gasteiger partial charge in [0.25, 0.3) is 0 Å². The van der Waals surface area contributed by atoms with Crippen LogP contribution < -0.4 is 5.73 Å². The molecule has 4 N–H and O–H groups in total. The van der Waals surface area contributed by atoms with Crippen LogP contribution in [0.4, 0.5) is 5.69 Å². The van der Waals surface area contributed by atoms with E-state index in [-0.39, 0.29) is 17.0 Å². The fourth-order valence-corrected chi connectivity index (χ4v) is 1.44. The molecule has 0 radical (unpaired) electrons. The lowest BCUT2D eigenvalue weighted by Gasteiger charge is -2.11. The van der Waals surface area contributed by atoms with E-state index in [0.29, 0.717) is 25.0 Å². The molecule has 0 fully saturated rings. The lowest BCUT2D eigenvalue weighted by atomic mass is 10.0. The van der Waals surface area contributed by atoms with Crippen molar-refractivity contribution in [3.8, 4) is 11.5 Å². The summed E-state index contributed by atoms with van der Waals surface area (Å²) in [4.78, 5) is 11.7. The molecular formula is C12H17NO4. The predicted molar refractivity (Wildman–Crippen MR) is 64.1 cm³/mol. The summed E-state index contributed by atoms with van der Waals surface area (Å²) in [6, 6.07) is 1.45. The summed E-state index contributed by atoms with van der Waals surface area (Å²) in [5.74, 6) is -1.33. The maximum absolute atomic E-state index is 11.7. The van der Waals surface area contributed by atoms with Crippen LogP contribution >= 0.6 is 0 Å². The molecule has 0 bridgehead atoms. The van der Waals surface area contributed by atoms with E-state index in [4.69, 9.17) is 10.5 Å². The van der Waals surface area contributed by atoms with Crippen molar-refractivity contribution in [3.05, 3.63) is 17.2 Å². The minimum absolute atomic E-state index is 0.0885. The molecular weight excluding hydrogens is 222 g/mol. The van der Waals surface area contributed by atoms with Gasteiger partial charge in [0.2, 0.25) is 0 Å². The minimum Gasteiger partial charge on any atom is -0.504 e. The molecule has 1 aromatic rings. The van der Waals surface area contributed by atoms with Gasteiger partial charge in [0.15, 0.2) is 11.5 Å². The van der Waals surface area contributed by atoms with Gasteiger partial charge in [-0.15, -0.1) is 0 Å². The molecule has 0 aliphatic heterocycles. The van der Waals surface area contributed by atoms with E-state index in [2.05, 4.69) is 0 Å². The van der Waals surface area contributed by atoms with Crippen LogP contribution in [0.2, 0.25) is 0 Å². The van der Waals surface area contributed by atoms with Crippen LogP contribution in [0.3, 0.4) is 0 Å². The molecule has 0 aliphatic rings. The number of nitrogens with two attached hydrogens (primary N) is 1. The third kappa shape index (κ3) is 2.61. The maximum atomic E-state index is 11.7. The minimum atomic E-state index is -0.589. The number of phenols is 2. The quantitative estimate of drug-likeness (QED) is 0.423. The molecule has 0 saturated heterocycles. The summed E-state index contributed by atoms with van der Waals surface area (Å²) in [6.07, 6.45) is 1.18. The summed E-state index contributed by atoms with van der Waals surface area (Å²) >= 11 is 0. The van der Waals surface area contributed by atoms with Crippen molar-refractivity contribution in [2.45, 2.75) is 26.7 Å². The molecule has 0 unspecified atom stereocenters. The Hall–Kier alpha value is -1.91. The molecule has 1 rings (SSSR count). The number of ether oxygens (including phenoxy) is 1. The first kappa shape index (κ1) is 13.2. The Bertz CT molecular complexity index is 429. The van der Waals surface area contributed by atoms with E-state index in [1.54, 1.807) is 6.92 Å². The number of aryl methyl sites for hydroxylation is 1. The molecule has 0 aromatic heterocycles. The van der Waals surface area contributed by atoms with Gasteiger partial charge in [-0.3, -0.25) is 0 Å². The first-order valence-electron chi connectivity index (χ1n) is 5.53. The molecule has 0 atom stereocenters. The van der Waals surface area contributed by atoms with Crippen LogP contribution in [-0.4, -0.2) is 22.8 Å². The Balaban J connectivity index is 3.15. The first-order chi connectivity index (χ1) is 8.02. The SMILES string of the molecule is CCCOC(=O)c1cc(CC)c(O)c(O)c1N. The normalized spacial score (nSPS) is 10.2. The van der Waals surface area contributed by atoms with Crippen molar-refractivity contribution in [2.75, 3.05) is 12.3 Å². The van der Waals surface area contributed by atoms with Crippen molar-refractivity contribution in [1.29, 1.82) is 0 Å². The molecule has 5 nitrogen and oxygen atoms in total. The molecule has 1 aromatic carbocycles. The summed E-state index contributed by atoms with van der Waals surface area (Å²) in [7, 11) is 0. The average Bonchev–Trinajstić information content (AvgIpc) is 2.33. The molecule has 94 valence electrons. The first-order valence-corrected chi connectivity index (χ1v) is 5.53. The fourth-order valence-electron chi connectivity index (χ4n) is 1.44. The Kier molecular flexibility index (Phi) is 4.20.